The molecule has 3 aliphatic heterocycles. The second kappa shape index (κ2) is 14.2. The van der Waals surface area contributed by atoms with Gasteiger partial charge in [0.1, 0.15) is 5.82 Å². The maximum atomic E-state index is 13.7. The molecule has 3 aromatic rings. The van der Waals surface area contributed by atoms with E-state index >= 15 is 0 Å². The van der Waals surface area contributed by atoms with Gasteiger partial charge < -0.3 is 35.2 Å². The van der Waals surface area contributed by atoms with E-state index in [0.717, 1.165) is 50.8 Å². The number of hydrogen-bond acceptors (Lipinski definition) is 8. The molecular weight excluding hydrogens is 648 g/mol. The van der Waals surface area contributed by atoms with Gasteiger partial charge in [-0.2, -0.15) is 26.3 Å². The maximum absolute atomic E-state index is 13.7. The lowest BCUT2D eigenvalue weighted by molar-refractivity contribution is -0.192. The summed E-state index contributed by atoms with van der Waals surface area (Å²) in [7, 11) is 2.11. The summed E-state index contributed by atoms with van der Waals surface area (Å²) in [4.78, 5) is 36.2. The molecule has 3 fully saturated rings. The molecule has 3 saturated heterocycles. The number of hydrogen-bond donors (Lipinski definition) is 3. The zero-order chi connectivity index (χ0) is 34.6. The third kappa shape index (κ3) is 9.03. The van der Waals surface area contributed by atoms with Crippen molar-refractivity contribution in [3.8, 4) is 11.4 Å². The van der Waals surface area contributed by atoms with Crippen molar-refractivity contribution < 1.29 is 45.8 Å². The van der Waals surface area contributed by atoms with E-state index in [-0.39, 0.29) is 23.9 Å². The van der Waals surface area contributed by atoms with Crippen molar-refractivity contribution in [3.05, 3.63) is 60.3 Å². The smallest absolute Gasteiger partial charge is 0.475 e. The largest absolute Gasteiger partial charge is 0.490 e. The van der Waals surface area contributed by atoms with E-state index in [1.807, 2.05) is 29.2 Å². The highest BCUT2D eigenvalue weighted by molar-refractivity contribution is 6.00. The van der Waals surface area contributed by atoms with Crippen LogP contribution in [0.2, 0.25) is 0 Å². The molecule has 11 nitrogen and oxygen atoms in total. The summed E-state index contributed by atoms with van der Waals surface area (Å²) in [6.07, 6.45) is -7.88. The molecule has 0 spiro atoms. The fraction of sp³-hybridized carbons (Fsp3) is 0.419. The van der Waals surface area contributed by atoms with Crippen LogP contribution in [-0.4, -0.2) is 96.7 Å². The molecule has 0 aliphatic carbocycles. The highest BCUT2D eigenvalue weighted by Crippen LogP contribution is 2.34. The number of amides is 2. The van der Waals surface area contributed by atoms with Crippen LogP contribution < -0.4 is 20.4 Å². The minimum absolute atomic E-state index is 0.00731. The Balaban J connectivity index is 0.000000582. The van der Waals surface area contributed by atoms with Crippen molar-refractivity contribution in [3.63, 3.8) is 0 Å². The van der Waals surface area contributed by atoms with Gasteiger partial charge in [0.15, 0.2) is 11.5 Å². The number of piperazine rings is 1. The van der Waals surface area contributed by atoms with Crippen molar-refractivity contribution in [2.45, 2.75) is 37.4 Å². The second-order valence-electron chi connectivity index (χ2n) is 11.6. The lowest BCUT2D eigenvalue weighted by atomic mass is 10.2. The van der Waals surface area contributed by atoms with Gasteiger partial charge in [-0.1, -0.05) is 0 Å². The molecule has 2 atom stereocenters. The minimum Gasteiger partial charge on any atom is -0.475 e. The molecular formula is C31H33F6N7O4. The normalized spacial score (nSPS) is 19.7. The van der Waals surface area contributed by atoms with Crippen LogP contribution in [0, 0.1) is 0 Å². The number of morpholine rings is 1. The molecule has 0 saturated carbocycles. The first kappa shape index (κ1) is 34.7. The third-order valence-corrected chi connectivity index (χ3v) is 8.01. The average molecular weight is 682 g/mol. The van der Waals surface area contributed by atoms with Crippen LogP contribution in [-0.2, 0) is 15.7 Å². The van der Waals surface area contributed by atoms with Crippen LogP contribution in [0.4, 0.5) is 54.0 Å². The summed E-state index contributed by atoms with van der Waals surface area (Å²) in [6.45, 7) is 4.94. The molecule has 3 aliphatic rings. The topological polar surface area (TPSA) is 123 Å². The fourth-order valence-corrected chi connectivity index (χ4v) is 5.49. The number of aliphatic carboxylic acids is 1. The van der Waals surface area contributed by atoms with E-state index in [4.69, 9.17) is 14.6 Å². The summed E-state index contributed by atoms with van der Waals surface area (Å²) < 4.78 is 78.7. The fourth-order valence-electron chi connectivity index (χ4n) is 5.49. The Kier molecular flexibility index (Phi) is 10.3. The molecule has 0 radical (unpaired) electrons. The lowest BCUT2D eigenvalue weighted by Crippen LogP contribution is -2.44. The Morgan fingerprint density at radius 2 is 1.33 bits per heavy atom. The second-order valence-corrected chi connectivity index (χ2v) is 11.6. The van der Waals surface area contributed by atoms with Crippen molar-refractivity contribution in [2.75, 3.05) is 66.7 Å². The maximum Gasteiger partial charge on any atom is 0.490 e. The summed E-state index contributed by atoms with van der Waals surface area (Å²) in [5.74, 6) is -2.54. The zero-order valence-electron chi connectivity index (χ0n) is 25.7. The molecule has 17 heteroatoms. The van der Waals surface area contributed by atoms with E-state index in [0.29, 0.717) is 30.0 Å². The van der Waals surface area contributed by atoms with Gasteiger partial charge in [-0.25, -0.2) is 19.6 Å². The van der Waals surface area contributed by atoms with E-state index in [9.17, 15) is 31.1 Å². The van der Waals surface area contributed by atoms with Crippen LogP contribution in [0.3, 0.4) is 0 Å². The van der Waals surface area contributed by atoms with Crippen LogP contribution in [0.1, 0.15) is 18.5 Å². The highest BCUT2D eigenvalue weighted by Gasteiger charge is 2.39. The van der Waals surface area contributed by atoms with Gasteiger partial charge in [0.05, 0.1) is 12.2 Å². The van der Waals surface area contributed by atoms with E-state index in [2.05, 4.69) is 37.4 Å². The number of alkyl halides is 6. The van der Waals surface area contributed by atoms with Crippen LogP contribution in [0.15, 0.2) is 54.6 Å². The summed E-state index contributed by atoms with van der Waals surface area (Å²) in [6, 6.07) is 14.7. The molecule has 4 heterocycles. The van der Waals surface area contributed by atoms with Crippen LogP contribution in [0.5, 0.6) is 0 Å². The average Bonchev–Trinajstić information content (AvgIpc) is 3.38. The van der Waals surface area contributed by atoms with Gasteiger partial charge in [0, 0.05) is 68.0 Å². The van der Waals surface area contributed by atoms with Gasteiger partial charge >= 0.3 is 24.4 Å². The number of likely N-dealkylation sites (N-methyl/N-ethyl adjacent to an activating group) is 1. The van der Waals surface area contributed by atoms with Crippen LogP contribution >= 0.6 is 0 Å². The summed E-state index contributed by atoms with van der Waals surface area (Å²) in [5.41, 5.74) is 1.67. The van der Waals surface area contributed by atoms with E-state index < -0.39 is 30.0 Å². The van der Waals surface area contributed by atoms with E-state index in [1.165, 1.54) is 0 Å². The number of benzene rings is 2. The quantitative estimate of drug-likeness (QED) is 0.297. The number of carbonyl (C=O) groups excluding carboxylic acids is 1. The molecule has 258 valence electrons. The van der Waals surface area contributed by atoms with Gasteiger partial charge in [0.25, 0.3) is 0 Å². The molecule has 6 rings (SSSR count). The highest BCUT2D eigenvalue weighted by atomic mass is 19.4. The Bertz CT molecular complexity index is 1570. The Labute approximate surface area is 271 Å². The standard InChI is InChI=1S/C29H32F3N7O2.C2HF3O2/c1-37-12-14-38(15-13-37)22-8-6-21(7-9-22)34-28(40)33-20-4-2-19(3-5-20)27-35-25(29(30,31)32)16-26(36-27)39-17-23-10-11-24(18-39)41-23;3-2(4,5)1(6)7/h2-9,16,23-24H,10-15,17-18H2,1H3,(H2,33,34,40);(H,6,7). The Hall–Kier alpha value is -4.64. The number of nitrogens with zero attached hydrogens (tertiary/aromatic N) is 5. The number of aromatic nitrogens is 2. The SMILES string of the molecule is CN1CCN(c2ccc(NC(=O)Nc3ccc(-c4nc(N5CC6CCC(C5)O6)cc(C(F)(F)F)n4)cc3)cc2)CC1.O=C(O)C(F)(F)F. The first-order valence-corrected chi connectivity index (χ1v) is 15.0. The van der Waals surface area contributed by atoms with Crippen molar-refractivity contribution in [1.82, 2.24) is 14.9 Å². The molecule has 48 heavy (non-hydrogen) atoms. The third-order valence-electron chi connectivity index (χ3n) is 8.01. The number of anilines is 4. The van der Waals surface area contributed by atoms with Crippen molar-refractivity contribution in [1.29, 1.82) is 0 Å². The van der Waals surface area contributed by atoms with Crippen molar-refractivity contribution >= 4 is 34.9 Å². The molecule has 2 amide bonds. The number of rotatable bonds is 5. The lowest BCUT2D eigenvalue weighted by Gasteiger charge is -2.34. The molecule has 1 aromatic heterocycles. The van der Waals surface area contributed by atoms with Gasteiger partial charge in [0.2, 0.25) is 0 Å². The predicted octanol–water partition coefficient (Wildman–Crippen LogP) is 5.56. The Morgan fingerprint density at radius 3 is 1.83 bits per heavy atom. The minimum atomic E-state index is -5.08. The van der Waals surface area contributed by atoms with Gasteiger partial charge in [-0.3, -0.25) is 0 Å². The molecule has 2 bridgehead atoms. The van der Waals surface area contributed by atoms with Crippen molar-refractivity contribution in [2.24, 2.45) is 0 Å². The molecule has 2 aromatic carbocycles. The van der Waals surface area contributed by atoms with Crippen LogP contribution in [0.25, 0.3) is 11.4 Å². The van der Waals surface area contributed by atoms with E-state index in [1.54, 1.807) is 24.3 Å². The number of ether oxygens (including phenoxy) is 1. The molecule has 3 N–H and O–H groups in total. The Morgan fingerprint density at radius 1 is 0.812 bits per heavy atom. The number of urea groups is 1. The van der Waals surface area contributed by atoms with Gasteiger partial charge in [-0.05, 0) is 68.4 Å². The summed E-state index contributed by atoms with van der Waals surface area (Å²) >= 11 is 0. The first-order valence-electron chi connectivity index (χ1n) is 15.0. The predicted molar refractivity (Wildman–Crippen MR) is 165 cm³/mol. The number of fused-ring (bicyclic) bond motifs is 2. The zero-order valence-corrected chi connectivity index (χ0v) is 25.7. The monoisotopic (exact) mass is 681 g/mol. The number of carboxylic acids is 1. The number of carbonyl (C=O) groups is 2. The number of carboxylic acid groups (broad SMARTS) is 1. The number of nitrogens with one attached hydrogen (secondary N) is 2. The van der Waals surface area contributed by atoms with Gasteiger partial charge in [-0.15, -0.1) is 0 Å². The number of halogens is 6. The summed E-state index contributed by atoms with van der Waals surface area (Å²) in [5, 5.41) is 12.7. The molecule has 2 unspecified atom stereocenters. The first-order chi connectivity index (χ1) is 22.6.